The number of rotatable bonds is 7. The van der Waals surface area contributed by atoms with Crippen LogP contribution in [0.15, 0.2) is 48.5 Å². The highest BCUT2D eigenvalue weighted by Gasteiger charge is 2.14. The van der Waals surface area contributed by atoms with E-state index in [1.54, 1.807) is 0 Å². The van der Waals surface area contributed by atoms with E-state index in [0.29, 0.717) is 11.3 Å². The third-order valence-corrected chi connectivity index (χ3v) is 4.52. The van der Waals surface area contributed by atoms with Crippen LogP contribution in [0.1, 0.15) is 29.3 Å². The Morgan fingerprint density at radius 3 is 2.44 bits per heavy atom. The zero-order valence-electron chi connectivity index (χ0n) is 14.1. The van der Waals surface area contributed by atoms with E-state index in [-0.39, 0.29) is 17.0 Å². The van der Waals surface area contributed by atoms with Gasteiger partial charge < -0.3 is 5.32 Å². The van der Waals surface area contributed by atoms with Gasteiger partial charge in [-0.15, -0.1) is 0 Å². The predicted octanol–water partition coefficient (Wildman–Crippen LogP) is 3.46. The molecule has 5 nitrogen and oxygen atoms in total. The highest BCUT2D eigenvalue weighted by Crippen LogP contribution is 2.22. The van der Waals surface area contributed by atoms with Crippen molar-refractivity contribution in [3.05, 3.63) is 64.7 Å². The molecule has 7 heteroatoms. The Labute approximate surface area is 153 Å². The van der Waals surface area contributed by atoms with Crippen molar-refractivity contribution in [2.45, 2.75) is 25.8 Å². The molecule has 0 radical (unpaired) electrons. The Hall–Kier alpha value is -2.05. The van der Waals surface area contributed by atoms with Gasteiger partial charge in [0.05, 0.1) is 16.8 Å². The molecule has 0 unspecified atom stereocenters. The van der Waals surface area contributed by atoms with E-state index in [1.165, 1.54) is 23.8 Å². The van der Waals surface area contributed by atoms with Crippen molar-refractivity contribution < 1.29 is 13.2 Å². The number of halogens is 1. The Bertz CT molecular complexity index is 839. The molecule has 2 rings (SSSR count). The van der Waals surface area contributed by atoms with Gasteiger partial charge in [0.1, 0.15) is 0 Å². The van der Waals surface area contributed by atoms with Gasteiger partial charge in [-0.25, -0.2) is 8.42 Å². The van der Waals surface area contributed by atoms with Crippen molar-refractivity contribution in [2.75, 3.05) is 11.0 Å². The summed E-state index contributed by atoms with van der Waals surface area (Å²) in [5.74, 6) is -0.281. The lowest BCUT2D eigenvalue weighted by Crippen LogP contribution is -2.33. The van der Waals surface area contributed by atoms with Gasteiger partial charge in [0, 0.05) is 11.7 Å². The van der Waals surface area contributed by atoms with Crippen LogP contribution in [0.2, 0.25) is 5.02 Å². The number of sulfonamides is 1. The molecule has 1 atom stereocenters. The van der Waals surface area contributed by atoms with Crippen molar-refractivity contribution in [3.8, 4) is 0 Å². The largest absolute Gasteiger partial charge is 0.350 e. The van der Waals surface area contributed by atoms with E-state index >= 15 is 0 Å². The van der Waals surface area contributed by atoms with Crippen LogP contribution in [-0.4, -0.2) is 26.6 Å². The fraction of sp³-hybridized carbons (Fsp3) is 0.278. The van der Waals surface area contributed by atoms with Gasteiger partial charge in [0.2, 0.25) is 10.0 Å². The first-order valence-electron chi connectivity index (χ1n) is 7.87. The monoisotopic (exact) mass is 380 g/mol. The standard InChI is InChI=1S/C18H21ClN2O3S/c1-13(8-9-14-6-4-3-5-7-14)20-18(22)16-11-10-15(12-17(16)19)21-25(2,23)24/h3-7,10-13,21H,8-9H2,1-2H3,(H,20,22)/t13-/m0/s1. The highest BCUT2D eigenvalue weighted by atomic mass is 35.5. The summed E-state index contributed by atoms with van der Waals surface area (Å²) in [6.07, 6.45) is 2.73. The van der Waals surface area contributed by atoms with Crippen molar-refractivity contribution in [1.82, 2.24) is 5.32 Å². The van der Waals surface area contributed by atoms with Gasteiger partial charge in [0.15, 0.2) is 0 Å². The van der Waals surface area contributed by atoms with E-state index < -0.39 is 10.0 Å². The van der Waals surface area contributed by atoms with Gasteiger partial charge in [-0.3, -0.25) is 9.52 Å². The first-order chi connectivity index (χ1) is 11.7. The first-order valence-corrected chi connectivity index (χ1v) is 10.1. The molecule has 0 aromatic heterocycles. The lowest BCUT2D eigenvalue weighted by Gasteiger charge is -2.15. The zero-order chi connectivity index (χ0) is 18.4. The molecule has 0 spiro atoms. The molecular formula is C18H21ClN2O3S. The summed E-state index contributed by atoms with van der Waals surface area (Å²) in [6.45, 7) is 1.94. The Morgan fingerprint density at radius 2 is 1.84 bits per heavy atom. The van der Waals surface area contributed by atoms with Crippen LogP contribution in [-0.2, 0) is 16.4 Å². The summed E-state index contributed by atoms with van der Waals surface area (Å²) in [5, 5.41) is 3.11. The molecule has 0 saturated heterocycles. The maximum atomic E-state index is 12.3. The lowest BCUT2D eigenvalue weighted by molar-refractivity contribution is 0.0938. The highest BCUT2D eigenvalue weighted by molar-refractivity contribution is 7.92. The van der Waals surface area contributed by atoms with Crippen LogP contribution in [0.3, 0.4) is 0 Å². The zero-order valence-corrected chi connectivity index (χ0v) is 15.7. The minimum atomic E-state index is -3.39. The van der Waals surface area contributed by atoms with Crippen LogP contribution < -0.4 is 10.0 Å². The second-order valence-corrected chi connectivity index (χ2v) is 8.12. The third-order valence-electron chi connectivity index (χ3n) is 3.60. The lowest BCUT2D eigenvalue weighted by atomic mass is 10.1. The number of anilines is 1. The SMILES string of the molecule is C[C@@H](CCc1ccccc1)NC(=O)c1ccc(NS(C)(=O)=O)cc1Cl. The molecule has 2 N–H and O–H groups in total. The smallest absolute Gasteiger partial charge is 0.253 e. The molecule has 2 aromatic rings. The molecule has 0 saturated carbocycles. The fourth-order valence-corrected chi connectivity index (χ4v) is 3.20. The van der Waals surface area contributed by atoms with Crippen molar-refractivity contribution in [2.24, 2.45) is 0 Å². The molecule has 134 valence electrons. The second kappa shape index (κ2) is 8.36. The molecule has 0 aliphatic rings. The summed E-state index contributed by atoms with van der Waals surface area (Å²) in [7, 11) is -3.39. The van der Waals surface area contributed by atoms with Gasteiger partial charge in [-0.1, -0.05) is 41.9 Å². The summed E-state index contributed by atoms with van der Waals surface area (Å²) >= 11 is 6.11. The summed E-state index contributed by atoms with van der Waals surface area (Å²) in [5.41, 5.74) is 1.85. The molecule has 0 aliphatic heterocycles. The summed E-state index contributed by atoms with van der Waals surface area (Å²) in [6, 6.07) is 14.5. The van der Waals surface area contributed by atoms with E-state index in [9.17, 15) is 13.2 Å². The van der Waals surface area contributed by atoms with E-state index in [1.807, 2.05) is 25.1 Å². The van der Waals surface area contributed by atoms with Crippen LogP contribution in [0, 0.1) is 0 Å². The number of hydrogen-bond acceptors (Lipinski definition) is 3. The number of benzene rings is 2. The van der Waals surface area contributed by atoms with Crippen LogP contribution in [0.25, 0.3) is 0 Å². The summed E-state index contributed by atoms with van der Waals surface area (Å²) in [4.78, 5) is 12.3. The Kier molecular flexibility index (Phi) is 6.45. The normalized spacial score (nSPS) is 12.4. The average molecular weight is 381 g/mol. The van der Waals surface area contributed by atoms with Gasteiger partial charge in [-0.2, -0.15) is 0 Å². The molecule has 0 bridgehead atoms. The van der Waals surface area contributed by atoms with Crippen LogP contribution in [0.5, 0.6) is 0 Å². The van der Waals surface area contributed by atoms with E-state index in [0.717, 1.165) is 19.1 Å². The number of carbonyl (C=O) groups excluding carboxylic acids is 1. The molecule has 2 aromatic carbocycles. The minimum absolute atomic E-state index is 0.0161. The van der Waals surface area contributed by atoms with Crippen LogP contribution in [0.4, 0.5) is 5.69 Å². The number of amides is 1. The number of nitrogens with one attached hydrogen (secondary N) is 2. The van der Waals surface area contributed by atoms with Gasteiger partial charge in [-0.05, 0) is 43.5 Å². The maximum Gasteiger partial charge on any atom is 0.253 e. The molecule has 0 aliphatic carbocycles. The van der Waals surface area contributed by atoms with Gasteiger partial charge in [0.25, 0.3) is 5.91 Å². The Morgan fingerprint density at radius 1 is 1.16 bits per heavy atom. The minimum Gasteiger partial charge on any atom is -0.350 e. The predicted molar refractivity (Wildman–Crippen MR) is 102 cm³/mol. The van der Waals surface area contributed by atoms with Gasteiger partial charge >= 0.3 is 0 Å². The van der Waals surface area contributed by atoms with E-state index in [4.69, 9.17) is 11.6 Å². The third kappa shape index (κ3) is 6.40. The average Bonchev–Trinajstić information content (AvgIpc) is 2.52. The number of hydrogen-bond donors (Lipinski definition) is 2. The quantitative estimate of drug-likeness (QED) is 0.772. The first kappa shape index (κ1) is 19.3. The Balaban J connectivity index is 1.95. The fourth-order valence-electron chi connectivity index (χ4n) is 2.38. The maximum absolute atomic E-state index is 12.3. The molecule has 0 fully saturated rings. The molecular weight excluding hydrogens is 360 g/mol. The number of carbonyl (C=O) groups is 1. The van der Waals surface area contributed by atoms with Crippen molar-refractivity contribution >= 4 is 33.2 Å². The second-order valence-electron chi connectivity index (χ2n) is 5.97. The molecule has 0 heterocycles. The summed E-state index contributed by atoms with van der Waals surface area (Å²) < 4.78 is 24.8. The topological polar surface area (TPSA) is 75.3 Å². The van der Waals surface area contributed by atoms with E-state index in [2.05, 4.69) is 22.2 Å². The molecule has 25 heavy (non-hydrogen) atoms. The molecule has 1 amide bonds. The number of aryl methyl sites for hydroxylation is 1. The van der Waals surface area contributed by atoms with Crippen molar-refractivity contribution in [1.29, 1.82) is 0 Å². The van der Waals surface area contributed by atoms with Crippen molar-refractivity contribution in [3.63, 3.8) is 0 Å². The van der Waals surface area contributed by atoms with Crippen LogP contribution >= 0.6 is 11.6 Å².